The molecule has 0 aromatic heterocycles. The number of benzene rings is 2. The number of carbonyl (C=O) groups is 1. The molecule has 0 radical (unpaired) electrons. The maximum atomic E-state index is 13.3. The Morgan fingerprint density at radius 2 is 1.78 bits per heavy atom. The molecule has 5 heteroatoms. The van der Waals surface area contributed by atoms with E-state index < -0.39 is 0 Å². The zero-order valence-corrected chi connectivity index (χ0v) is 16.4. The van der Waals surface area contributed by atoms with Gasteiger partial charge in [0.05, 0.1) is 14.2 Å². The van der Waals surface area contributed by atoms with Gasteiger partial charge in [0.1, 0.15) is 17.5 Å². The number of hydrogen-bond acceptors (Lipinski definition) is 4. The van der Waals surface area contributed by atoms with Crippen LogP contribution in [0.2, 0.25) is 0 Å². The van der Waals surface area contributed by atoms with E-state index >= 15 is 0 Å². The smallest absolute Gasteiger partial charge is 0.244 e. The molecule has 1 saturated heterocycles. The molecule has 1 fully saturated rings. The lowest BCUT2D eigenvalue weighted by Gasteiger charge is -2.31. The van der Waals surface area contributed by atoms with Crippen molar-refractivity contribution in [2.45, 2.75) is 25.4 Å². The number of rotatable bonds is 7. The fourth-order valence-electron chi connectivity index (χ4n) is 3.67. The first-order chi connectivity index (χ1) is 13.1. The highest BCUT2D eigenvalue weighted by Gasteiger charge is 2.31. The first-order valence-electron chi connectivity index (χ1n) is 9.39. The summed E-state index contributed by atoms with van der Waals surface area (Å²) in [6, 6.07) is 15.5. The number of ether oxygens (including phenoxy) is 2. The van der Waals surface area contributed by atoms with Crippen LogP contribution in [0.15, 0.2) is 48.5 Å². The molecule has 27 heavy (non-hydrogen) atoms. The molecule has 2 aromatic rings. The maximum Gasteiger partial charge on any atom is 0.244 e. The van der Waals surface area contributed by atoms with Crippen molar-refractivity contribution in [1.82, 2.24) is 9.80 Å². The third-order valence-electron chi connectivity index (χ3n) is 5.12. The summed E-state index contributed by atoms with van der Waals surface area (Å²) in [4.78, 5) is 17.3. The summed E-state index contributed by atoms with van der Waals surface area (Å²) < 4.78 is 10.8. The van der Waals surface area contributed by atoms with Gasteiger partial charge < -0.3 is 14.4 Å². The van der Waals surface area contributed by atoms with Crippen LogP contribution in [0.1, 0.15) is 30.0 Å². The monoisotopic (exact) mass is 368 g/mol. The first kappa shape index (κ1) is 19.2. The van der Waals surface area contributed by atoms with Gasteiger partial charge in [0.15, 0.2) is 0 Å². The van der Waals surface area contributed by atoms with E-state index in [2.05, 4.69) is 4.90 Å². The van der Waals surface area contributed by atoms with E-state index in [9.17, 15) is 4.79 Å². The number of amides is 1. The van der Waals surface area contributed by atoms with Crippen LogP contribution in [0.4, 0.5) is 0 Å². The van der Waals surface area contributed by atoms with Gasteiger partial charge in [-0.1, -0.05) is 36.4 Å². The minimum atomic E-state index is -0.309. The fourth-order valence-corrected chi connectivity index (χ4v) is 3.67. The number of hydrogen-bond donors (Lipinski definition) is 0. The average Bonchev–Trinajstić information content (AvgIpc) is 3.24. The lowest BCUT2D eigenvalue weighted by atomic mass is 10.0. The molecule has 0 bridgehead atoms. The summed E-state index contributed by atoms with van der Waals surface area (Å²) in [6.07, 6.45) is 2.17. The van der Waals surface area contributed by atoms with Crippen LogP contribution in [0.25, 0.3) is 0 Å². The summed E-state index contributed by atoms with van der Waals surface area (Å²) in [7, 11) is 5.29. The highest BCUT2D eigenvalue weighted by Crippen LogP contribution is 2.30. The lowest BCUT2D eigenvalue weighted by molar-refractivity contribution is -0.136. The minimum absolute atomic E-state index is 0.175. The molecular weight excluding hydrogens is 340 g/mol. The summed E-state index contributed by atoms with van der Waals surface area (Å²) in [5.74, 6) is 1.70. The van der Waals surface area contributed by atoms with E-state index in [0.717, 1.165) is 48.6 Å². The molecule has 0 spiro atoms. The molecule has 1 aliphatic rings. The second-order valence-electron chi connectivity index (χ2n) is 6.94. The van der Waals surface area contributed by atoms with Gasteiger partial charge in [-0.2, -0.15) is 0 Å². The highest BCUT2D eigenvalue weighted by atomic mass is 16.5. The molecule has 1 amide bonds. The number of carbonyl (C=O) groups excluding carboxylic acids is 1. The molecule has 2 aromatic carbocycles. The van der Waals surface area contributed by atoms with E-state index in [4.69, 9.17) is 9.47 Å². The average molecular weight is 368 g/mol. The molecule has 0 N–H and O–H groups in total. The van der Waals surface area contributed by atoms with Crippen molar-refractivity contribution in [3.63, 3.8) is 0 Å². The predicted octanol–water partition coefficient (Wildman–Crippen LogP) is 3.50. The van der Waals surface area contributed by atoms with Crippen LogP contribution in [-0.2, 0) is 11.3 Å². The van der Waals surface area contributed by atoms with E-state index in [0.29, 0.717) is 6.54 Å². The third-order valence-corrected chi connectivity index (χ3v) is 5.12. The fraction of sp³-hybridized carbons (Fsp3) is 0.409. The third kappa shape index (κ3) is 4.42. The molecule has 1 unspecified atom stereocenters. The minimum Gasteiger partial charge on any atom is -0.497 e. The molecule has 1 heterocycles. The van der Waals surface area contributed by atoms with E-state index in [1.165, 1.54) is 0 Å². The number of methoxy groups -OCH3 is 2. The molecule has 1 atom stereocenters. The van der Waals surface area contributed by atoms with Gasteiger partial charge in [0.2, 0.25) is 5.91 Å². The van der Waals surface area contributed by atoms with Crippen LogP contribution in [-0.4, -0.2) is 50.1 Å². The summed E-state index contributed by atoms with van der Waals surface area (Å²) in [6.45, 7) is 2.30. The maximum absolute atomic E-state index is 13.3. The Bertz CT molecular complexity index is 757. The van der Waals surface area contributed by atoms with Gasteiger partial charge in [-0.05, 0) is 31.5 Å². The van der Waals surface area contributed by atoms with Crippen molar-refractivity contribution in [3.8, 4) is 11.5 Å². The second-order valence-corrected chi connectivity index (χ2v) is 6.94. The van der Waals surface area contributed by atoms with Crippen molar-refractivity contribution in [2.75, 3.05) is 34.4 Å². The Balaban J connectivity index is 1.87. The van der Waals surface area contributed by atoms with E-state index in [1.54, 1.807) is 14.2 Å². The molecule has 3 rings (SSSR count). The molecular formula is C22H28N2O3. The predicted molar refractivity (Wildman–Crippen MR) is 106 cm³/mol. The lowest BCUT2D eigenvalue weighted by Crippen LogP contribution is -2.40. The van der Waals surface area contributed by atoms with Gasteiger partial charge in [0.25, 0.3) is 0 Å². The van der Waals surface area contributed by atoms with E-state index in [-0.39, 0.29) is 11.9 Å². The summed E-state index contributed by atoms with van der Waals surface area (Å²) >= 11 is 0. The van der Waals surface area contributed by atoms with Crippen LogP contribution in [0.5, 0.6) is 11.5 Å². The molecule has 0 saturated carbocycles. The Labute approximate surface area is 161 Å². The van der Waals surface area contributed by atoms with Crippen LogP contribution < -0.4 is 9.47 Å². The van der Waals surface area contributed by atoms with E-state index in [1.807, 2.05) is 60.5 Å². The molecule has 144 valence electrons. The molecule has 0 aliphatic carbocycles. The topological polar surface area (TPSA) is 42.0 Å². The second kappa shape index (κ2) is 8.91. The van der Waals surface area contributed by atoms with Gasteiger partial charge in [0, 0.05) is 31.3 Å². The number of likely N-dealkylation sites (tertiary alicyclic amines) is 1. The first-order valence-corrected chi connectivity index (χ1v) is 9.39. The van der Waals surface area contributed by atoms with Gasteiger partial charge in [-0.15, -0.1) is 0 Å². The van der Waals surface area contributed by atoms with Crippen molar-refractivity contribution < 1.29 is 14.3 Å². The Morgan fingerprint density at radius 1 is 1.07 bits per heavy atom. The van der Waals surface area contributed by atoms with Crippen LogP contribution >= 0.6 is 0 Å². The Kier molecular flexibility index (Phi) is 6.35. The molecule has 1 aliphatic heterocycles. The van der Waals surface area contributed by atoms with Crippen LogP contribution in [0.3, 0.4) is 0 Å². The standard InChI is InChI=1S/C22H28N2O3/c1-23(16-18-11-12-19(26-2)15-20(18)27-3)21(17-9-5-4-6-10-17)22(25)24-13-7-8-14-24/h4-6,9-12,15,21H,7-8,13-14,16H2,1-3H3. The van der Waals surface area contributed by atoms with Crippen molar-refractivity contribution >= 4 is 5.91 Å². The van der Waals surface area contributed by atoms with Crippen molar-refractivity contribution in [2.24, 2.45) is 0 Å². The Morgan fingerprint density at radius 3 is 2.41 bits per heavy atom. The number of likely N-dealkylation sites (N-methyl/N-ethyl adjacent to an activating group) is 1. The number of nitrogens with zero attached hydrogens (tertiary/aromatic N) is 2. The van der Waals surface area contributed by atoms with Crippen LogP contribution in [0, 0.1) is 0 Å². The van der Waals surface area contributed by atoms with Gasteiger partial charge >= 0.3 is 0 Å². The summed E-state index contributed by atoms with van der Waals surface area (Å²) in [5.41, 5.74) is 2.04. The normalized spacial score (nSPS) is 15.0. The zero-order valence-electron chi connectivity index (χ0n) is 16.4. The largest absolute Gasteiger partial charge is 0.497 e. The zero-order chi connectivity index (χ0) is 19.2. The quantitative estimate of drug-likeness (QED) is 0.750. The highest BCUT2D eigenvalue weighted by molar-refractivity contribution is 5.83. The van der Waals surface area contributed by atoms with Crippen molar-refractivity contribution in [1.29, 1.82) is 0 Å². The SMILES string of the molecule is COc1ccc(CN(C)C(C(=O)N2CCCC2)c2ccccc2)c(OC)c1. The van der Waals surface area contributed by atoms with Crippen molar-refractivity contribution in [3.05, 3.63) is 59.7 Å². The van der Waals surface area contributed by atoms with Gasteiger partial charge in [-0.3, -0.25) is 9.69 Å². The molecule has 5 nitrogen and oxygen atoms in total. The Hall–Kier alpha value is -2.53. The van der Waals surface area contributed by atoms with Gasteiger partial charge in [-0.25, -0.2) is 0 Å². The summed E-state index contributed by atoms with van der Waals surface area (Å²) in [5, 5.41) is 0.